The molecule has 2 aliphatic rings. The van der Waals surface area contributed by atoms with Crippen molar-refractivity contribution in [3.63, 3.8) is 0 Å². The number of nitrogens with one attached hydrogen (secondary N) is 1. The standard InChI is InChI=1S/C27H28N2O5S/c1-34-24-14-13-18(17-29-26(30)22-11-4-5-12-23(22)27(29)31)15-25(24)35(32,33)28-16-20-9-6-8-19-7-2-3-10-21(19)20/h2-3,6-10,13-15,22-23,28H,4-5,11-12,16-17H2,1H3. The second kappa shape index (κ2) is 9.43. The van der Waals surface area contributed by atoms with Crippen molar-refractivity contribution < 1.29 is 22.7 Å². The number of benzene rings is 3. The van der Waals surface area contributed by atoms with Gasteiger partial charge in [0.05, 0.1) is 25.5 Å². The summed E-state index contributed by atoms with van der Waals surface area (Å²) in [5.41, 5.74) is 1.43. The first-order chi connectivity index (χ1) is 16.9. The largest absolute Gasteiger partial charge is 0.495 e. The van der Waals surface area contributed by atoms with Crippen molar-refractivity contribution in [2.24, 2.45) is 11.8 Å². The summed E-state index contributed by atoms with van der Waals surface area (Å²) in [6.45, 7) is 0.171. The van der Waals surface area contributed by atoms with Gasteiger partial charge in [-0.3, -0.25) is 14.5 Å². The Labute approximate surface area is 205 Å². The number of hydrogen-bond acceptors (Lipinski definition) is 5. The Balaban J connectivity index is 1.39. The zero-order valence-corrected chi connectivity index (χ0v) is 20.4. The van der Waals surface area contributed by atoms with Crippen LogP contribution in [0.1, 0.15) is 36.8 Å². The lowest BCUT2D eigenvalue weighted by Crippen LogP contribution is -2.30. The van der Waals surface area contributed by atoms with E-state index in [1.807, 2.05) is 42.5 Å². The molecule has 1 aliphatic carbocycles. The molecule has 2 fully saturated rings. The second-order valence-electron chi connectivity index (χ2n) is 9.21. The molecule has 1 aliphatic heterocycles. The molecule has 35 heavy (non-hydrogen) atoms. The number of sulfonamides is 1. The maximum absolute atomic E-state index is 13.3. The summed E-state index contributed by atoms with van der Waals surface area (Å²) in [5, 5.41) is 2.01. The minimum absolute atomic E-state index is 0.0192. The van der Waals surface area contributed by atoms with Crippen LogP contribution in [-0.4, -0.2) is 32.2 Å². The fourth-order valence-corrected chi connectivity index (χ4v) is 6.52. The van der Waals surface area contributed by atoms with Crippen LogP contribution >= 0.6 is 0 Å². The number of amides is 2. The summed E-state index contributed by atoms with van der Waals surface area (Å²) in [4.78, 5) is 27.0. The van der Waals surface area contributed by atoms with E-state index in [0.717, 1.165) is 42.0 Å². The van der Waals surface area contributed by atoms with Gasteiger partial charge in [0.1, 0.15) is 10.6 Å². The van der Waals surface area contributed by atoms with Crippen LogP contribution in [0, 0.1) is 11.8 Å². The molecule has 0 aromatic heterocycles. The number of imide groups is 1. The first-order valence-electron chi connectivity index (χ1n) is 11.9. The zero-order valence-electron chi connectivity index (χ0n) is 19.6. The number of ether oxygens (including phenoxy) is 1. The number of fused-ring (bicyclic) bond motifs is 2. The Morgan fingerprint density at radius 1 is 0.943 bits per heavy atom. The van der Waals surface area contributed by atoms with Crippen LogP contribution in [0.4, 0.5) is 0 Å². The molecule has 3 aromatic carbocycles. The number of methoxy groups -OCH3 is 1. The highest BCUT2D eigenvalue weighted by Gasteiger charge is 2.47. The van der Waals surface area contributed by atoms with E-state index < -0.39 is 10.0 Å². The second-order valence-corrected chi connectivity index (χ2v) is 10.9. The van der Waals surface area contributed by atoms with E-state index in [4.69, 9.17) is 4.74 Å². The lowest BCUT2D eigenvalue weighted by molar-refractivity contribution is -0.140. The molecule has 3 aromatic rings. The molecule has 2 amide bonds. The zero-order chi connectivity index (χ0) is 24.6. The van der Waals surface area contributed by atoms with E-state index in [1.54, 1.807) is 12.1 Å². The average Bonchev–Trinajstić information content (AvgIpc) is 3.12. The summed E-state index contributed by atoms with van der Waals surface area (Å²) >= 11 is 0. The summed E-state index contributed by atoms with van der Waals surface area (Å²) in [6, 6.07) is 18.3. The van der Waals surface area contributed by atoms with Gasteiger partial charge in [0.25, 0.3) is 0 Å². The molecular weight excluding hydrogens is 464 g/mol. The third kappa shape index (κ3) is 4.44. The number of nitrogens with zero attached hydrogens (tertiary/aromatic N) is 1. The highest BCUT2D eigenvalue weighted by molar-refractivity contribution is 7.89. The van der Waals surface area contributed by atoms with Gasteiger partial charge < -0.3 is 4.74 Å². The van der Waals surface area contributed by atoms with Crippen LogP contribution in [0.2, 0.25) is 0 Å². The topological polar surface area (TPSA) is 92.8 Å². The number of rotatable bonds is 7. The molecule has 5 rings (SSSR count). The smallest absolute Gasteiger partial charge is 0.244 e. The van der Waals surface area contributed by atoms with Crippen molar-refractivity contribution >= 4 is 32.6 Å². The van der Waals surface area contributed by atoms with E-state index >= 15 is 0 Å². The SMILES string of the molecule is COc1ccc(CN2C(=O)C3CCCCC3C2=O)cc1S(=O)(=O)NCc1cccc2ccccc12. The van der Waals surface area contributed by atoms with Gasteiger partial charge in [0.15, 0.2) is 0 Å². The Hall–Kier alpha value is -3.23. The van der Waals surface area contributed by atoms with Crippen molar-refractivity contribution in [2.75, 3.05) is 7.11 Å². The van der Waals surface area contributed by atoms with Crippen LogP contribution in [0.15, 0.2) is 65.6 Å². The predicted molar refractivity (Wildman–Crippen MR) is 132 cm³/mol. The normalized spacial score (nSPS) is 20.3. The van der Waals surface area contributed by atoms with Gasteiger partial charge >= 0.3 is 0 Å². The van der Waals surface area contributed by atoms with Gasteiger partial charge in [-0.15, -0.1) is 0 Å². The Morgan fingerprint density at radius 3 is 2.34 bits per heavy atom. The number of carbonyl (C=O) groups excluding carboxylic acids is 2. The molecule has 1 saturated heterocycles. The quantitative estimate of drug-likeness (QED) is 0.503. The molecule has 7 nitrogen and oxygen atoms in total. The average molecular weight is 493 g/mol. The fraction of sp³-hybridized carbons (Fsp3) is 0.333. The monoisotopic (exact) mass is 492 g/mol. The highest BCUT2D eigenvalue weighted by atomic mass is 32.2. The summed E-state index contributed by atoms with van der Waals surface area (Å²) in [6.07, 6.45) is 3.40. The van der Waals surface area contributed by atoms with E-state index in [1.165, 1.54) is 18.1 Å². The summed E-state index contributed by atoms with van der Waals surface area (Å²) in [7, 11) is -2.52. The molecule has 0 spiro atoms. The third-order valence-electron chi connectivity index (χ3n) is 7.12. The molecule has 1 saturated carbocycles. The molecule has 2 atom stereocenters. The van der Waals surface area contributed by atoms with Crippen molar-refractivity contribution in [1.82, 2.24) is 9.62 Å². The molecule has 1 N–H and O–H groups in total. The Bertz CT molecular complexity index is 1370. The van der Waals surface area contributed by atoms with Crippen LogP contribution in [0.25, 0.3) is 10.8 Å². The maximum Gasteiger partial charge on any atom is 0.244 e. The van der Waals surface area contributed by atoms with Gasteiger partial charge in [-0.25, -0.2) is 13.1 Å². The Morgan fingerprint density at radius 2 is 1.63 bits per heavy atom. The first kappa shape index (κ1) is 23.5. The van der Waals surface area contributed by atoms with E-state index in [0.29, 0.717) is 5.56 Å². The van der Waals surface area contributed by atoms with E-state index in [-0.39, 0.29) is 47.4 Å². The van der Waals surface area contributed by atoms with Crippen molar-refractivity contribution in [2.45, 2.75) is 43.7 Å². The molecule has 8 heteroatoms. The van der Waals surface area contributed by atoms with Gasteiger partial charge in [-0.2, -0.15) is 0 Å². The predicted octanol–water partition coefficient (Wildman–Crippen LogP) is 4.00. The third-order valence-corrected chi connectivity index (χ3v) is 8.55. The number of hydrogen-bond donors (Lipinski definition) is 1. The van der Waals surface area contributed by atoms with Crippen LogP contribution in [-0.2, 0) is 32.7 Å². The Kier molecular flexibility index (Phi) is 6.34. The van der Waals surface area contributed by atoms with Crippen LogP contribution in [0.3, 0.4) is 0 Å². The molecular formula is C27H28N2O5S. The molecule has 1 heterocycles. The number of likely N-dealkylation sites (tertiary alicyclic amines) is 1. The van der Waals surface area contributed by atoms with E-state index in [2.05, 4.69) is 4.72 Å². The van der Waals surface area contributed by atoms with Gasteiger partial charge in [0.2, 0.25) is 21.8 Å². The summed E-state index contributed by atoms with van der Waals surface area (Å²) < 4.78 is 34.6. The molecule has 0 radical (unpaired) electrons. The van der Waals surface area contributed by atoms with Crippen LogP contribution in [0.5, 0.6) is 5.75 Å². The first-order valence-corrected chi connectivity index (χ1v) is 13.4. The summed E-state index contributed by atoms with van der Waals surface area (Å²) in [5.74, 6) is -0.560. The van der Waals surface area contributed by atoms with Crippen molar-refractivity contribution in [3.05, 3.63) is 71.8 Å². The molecule has 2 unspecified atom stereocenters. The fourth-order valence-electron chi connectivity index (χ4n) is 5.30. The van der Waals surface area contributed by atoms with Gasteiger partial charge in [0, 0.05) is 6.54 Å². The maximum atomic E-state index is 13.3. The minimum Gasteiger partial charge on any atom is -0.495 e. The minimum atomic E-state index is -3.94. The number of carbonyl (C=O) groups is 2. The van der Waals surface area contributed by atoms with Crippen LogP contribution < -0.4 is 9.46 Å². The lowest BCUT2D eigenvalue weighted by Gasteiger charge is -2.19. The van der Waals surface area contributed by atoms with Gasteiger partial charge in [-0.1, -0.05) is 61.4 Å². The van der Waals surface area contributed by atoms with E-state index in [9.17, 15) is 18.0 Å². The highest BCUT2D eigenvalue weighted by Crippen LogP contribution is 2.39. The lowest BCUT2D eigenvalue weighted by atomic mass is 9.81. The van der Waals surface area contributed by atoms with Gasteiger partial charge in [-0.05, 0) is 46.9 Å². The molecule has 182 valence electrons. The van der Waals surface area contributed by atoms with Crippen molar-refractivity contribution in [3.8, 4) is 5.75 Å². The molecule has 0 bridgehead atoms. The van der Waals surface area contributed by atoms with Crippen molar-refractivity contribution in [1.29, 1.82) is 0 Å².